The molecule has 0 aromatic heterocycles. The van der Waals surface area contributed by atoms with E-state index in [1.54, 1.807) is 0 Å². The number of nitrogens with one attached hydrogen (secondary N) is 3. The quantitative estimate of drug-likeness (QED) is 0.142. The summed E-state index contributed by atoms with van der Waals surface area (Å²) < 4.78 is 0. The van der Waals surface area contributed by atoms with Crippen molar-refractivity contribution >= 4 is 35.5 Å². The lowest BCUT2D eigenvalue weighted by Gasteiger charge is -2.23. The average Bonchev–Trinajstić information content (AvgIpc) is 2.62. The van der Waals surface area contributed by atoms with Gasteiger partial charge in [-0.05, 0) is 13.3 Å². The molecule has 11 N–H and O–H groups in total. The molecule has 0 aliphatic rings. The summed E-state index contributed by atoms with van der Waals surface area (Å²) in [5, 5.41) is 24.4. The lowest BCUT2D eigenvalue weighted by Crippen LogP contribution is -2.57. The molecule has 4 atom stereocenters. The molecule has 4 unspecified atom stereocenters. The van der Waals surface area contributed by atoms with Crippen LogP contribution in [0.15, 0.2) is 0 Å². The van der Waals surface area contributed by atoms with Crippen LogP contribution < -0.4 is 33.2 Å². The van der Waals surface area contributed by atoms with Gasteiger partial charge in [0.1, 0.15) is 24.2 Å². The topological polar surface area (TPSA) is 257 Å². The SMILES string of the molecule is CC(NC(=O)C(N)CO)C(=O)NC(CCC(N)=O)C(=O)NC(CC(N)=O)C(=O)O. The van der Waals surface area contributed by atoms with Gasteiger partial charge in [0.2, 0.25) is 29.5 Å². The minimum Gasteiger partial charge on any atom is -0.480 e. The monoisotopic (exact) mass is 418 g/mol. The number of aliphatic carboxylic acids is 1. The van der Waals surface area contributed by atoms with Crippen LogP contribution in [-0.2, 0) is 28.8 Å². The summed E-state index contributed by atoms with van der Waals surface area (Å²) in [6.07, 6.45) is -1.28. The highest BCUT2D eigenvalue weighted by Crippen LogP contribution is 2.02. The summed E-state index contributed by atoms with van der Waals surface area (Å²) in [6.45, 7) is 0.619. The second kappa shape index (κ2) is 12.2. The van der Waals surface area contributed by atoms with Gasteiger partial charge in [-0.1, -0.05) is 0 Å². The number of carbonyl (C=O) groups excluding carboxylic acids is 5. The predicted octanol–water partition coefficient (Wildman–Crippen LogP) is -4.99. The fraction of sp³-hybridized carbons (Fsp3) is 0.600. The van der Waals surface area contributed by atoms with Crippen LogP contribution in [0.25, 0.3) is 0 Å². The van der Waals surface area contributed by atoms with E-state index in [1.165, 1.54) is 6.92 Å². The smallest absolute Gasteiger partial charge is 0.326 e. The number of hydrogen-bond donors (Lipinski definition) is 8. The molecule has 0 fully saturated rings. The van der Waals surface area contributed by atoms with Gasteiger partial charge in [-0.15, -0.1) is 0 Å². The number of rotatable bonds is 13. The number of aliphatic hydroxyl groups is 1. The third-order valence-corrected chi connectivity index (χ3v) is 3.62. The minimum atomic E-state index is -1.65. The maximum atomic E-state index is 12.4. The van der Waals surface area contributed by atoms with Crippen molar-refractivity contribution in [2.75, 3.05) is 6.61 Å². The van der Waals surface area contributed by atoms with Crippen molar-refractivity contribution in [2.24, 2.45) is 17.2 Å². The molecule has 164 valence electrons. The van der Waals surface area contributed by atoms with Crippen molar-refractivity contribution in [1.29, 1.82) is 0 Å². The molecule has 0 heterocycles. The zero-order valence-electron chi connectivity index (χ0n) is 15.7. The van der Waals surface area contributed by atoms with Crippen molar-refractivity contribution in [1.82, 2.24) is 16.0 Å². The molecule has 5 amide bonds. The molecule has 0 rings (SSSR count). The molecule has 0 saturated carbocycles. The highest BCUT2D eigenvalue weighted by atomic mass is 16.4. The number of amides is 5. The van der Waals surface area contributed by atoms with Crippen LogP contribution in [0.5, 0.6) is 0 Å². The summed E-state index contributed by atoms with van der Waals surface area (Å²) in [7, 11) is 0. The van der Waals surface area contributed by atoms with Gasteiger partial charge < -0.3 is 43.4 Å². The van der Waals surface area contributed by atoms with E-state index in [1.807, 2.05) is 5.32 Å². The van der Waals surface area contributed by atoms with Gasteiger partial charge in [0.05, 0.1) is 13.0 Å². The molecular formula is C15H26N6O8. The zero-order valence-corrected chi connectivity index (χ0v) is 15.7. The van der Waals surface area contributed by atoms with Gasteiger partial charge in [-0.25, -0.2) is 4.79 Å². The highest BCUT2D eigenvalue weighted by molar-refractivity contribution is 5.95. The Hall–Kier alpha value is -3.26. The Bertz CT molecular complexity index is 655. The summed E-state index contributed by atoms with van der Waals surface area (Å²) >= 11 is 0. The molecule has 0 aromatic rings. The minimum absolute atomic E-state index is 0.271. The van der Waals surface area contributed by atoms with Crippen molar-refractivity contribution in [3.8, 4) is 0 Å². The third-order valence-electron chi connectivity index (χ3n) is 3.62. The van der Waals surface area contributed by atoms with E-state index in [0.29, 0.717) is 0 Å². The number of aliphatic hydroxyl groups excluding tert-OH is 1. The lowest BCUT2D eigenvalue weighted by molar-refractivity contribution is -0.144. The molecule has 0 aliphatic carbocycles. The van der Waals surface area contributed by atoms with Gasteiger partial charge in [0.15, 0.2) is 0 Å². The summed E-state index contributed by atoms with van der Waals surface area (Å²) in [4.78, 5) is 69.3. The largest absolute Gasteiger partial charge is 0.480 e. The Labute approximate surface area is 165 Å². The normalized spacial score (nSPS) is 14.6. The van der Waals surface area contributed by atoms with E-state index in [2.05, 4.69) is 10.6 Å². The number of primary amides is 2. The predicted molar refractivity (Wildman–Crippen MR) is 96.4 cm³/mol. The number of carboxylic acid groups (broad SMARTS) is 1. The Kier molecular flexibility index (Phi) is 10.9. The van der Waals surface area contributed by atoms with Crippen LogP contribution in [0.4, 0.5) is 0 Å². The molecule has 14 heteroatoms. The van der Waals surface area contributed by atoms with E-state index in [0.717, 1.165) is 0 Å². The summed E-state index contributed by atoms with van der Waals surface area (Å²) in [5.41, 5.74) is 15.3. The van der Waals surface area contributed by atoms with E-state index >= 15 is 0 Å². The van der Waals surface area contributed by atoms with Crippen LogP contribution in [0.3, 0.4) is 0 Å². The maximum absolute atomic E-state index is 12.4. The Morgan fingerprint density at radius 2 is 1.41 bits per heavy atom. The van der Waals surface area contributed by atoms with Gasteiger partial charge in [-0.3, -0.25) is 24.0 Å². The molecule has 0 aromatic carbocycles. The van der Waals surface area contributed by atoms with E-state index in [9.17, 15) is 28.8 Å². The standard InChI is InChI=1S/C15H26N6O8/c1-6(19-13(26)7(16)5-22)12(25)20-8(2-3-10(17)23)14(27)21-9(15(28)29)4-11(18)24/h6-9,22H,2-5,16H2,1H3,(H2,17,23)(H2,18,24)(H,19,26)(H,20,25)(H,21,27)(H,28,29). The fourth-order valence-corrected chi connectivity index (χ4v) is 1.99. The Morgan fingerprint density at radius 3 is 1.86 bits per heavy atom. The molecule has 0 spiro atoms. The first-order chi connectivity index (χ1) is 13.4. The highest BCUT2D eigenvalue weighted by Gasteiger charge is 2.29. The van der Waals surface area contributed by atoms with Gasteiger partial charge >= 0.3 is 5.97 Å². The van der Waals surface area contributed by atoms with Gasteiger partial charge in [0, 0.05) is 6.42 Å². The number of carboxylic acids is 1. The Balaban J connectivity index is 5.19. The second-order valence-corrected chi connectivity index (χ2v) is 6.16. The van der Waals surface area contributed by atoms with E-state index in [4.69, 9.17) is 27.4 Å². The van der Waals surface area contributed by atoms with Crippen molar-refractivity contribution < 1.29 is 39.0 Å². The van der Waals surface area contributed by atoms with E-state index < -0.39 is 72.7 Å². The maximum Gasteiger partial charge on any atom is 0.326 e. The fourth-order valence-electron chi connectivity index (χ4n) is 1.99. The lowest BCUT2D eigenvalue weighted by atomic mass is 10.1. The first-order valence-corrected chi connectivity index (χ1v) is 8.46. The van der Waals surface area contributed by atoms with E-state index in [-0.39, 0.29) is 12.8 Å². The van der Waals surface area contributed by atoms with Crippen LogP contribution in [0.1, 0.15) is 26.2 Å². The molecule has 14 nitrogen and oxygen atoms in total. The van der Waals surface area contributed by atoms with Crippen molar-refractivity contribution in [2.45, 2.75) is 50.4 Å². The van der Waals surface area contributed by atoms with Gasteiger partial charge in [-0.2, -0.15) is 0 Å². The van der Waals surface area contributed by atoms with Crippen LogP contribution in [-0.4, -0.2) is 76.5 Å². The second-order valence-electron chi connectivity index (χ2n) is 6.16. The first-order valence-electron chi connectivity index (χ1n) is 8.46. The average molecular weight is 418 g/mol. The molecule has 0 aliphatic heterocycles. The molecule has 0 radical (unpaired) electrons. The number of nitrogens with two attached hydrogens (primary N) is 3. The first kappa shape index (κ1) is 25.7. The summed E-state index contributed by atoms with van der Waals surface area (Å²) in [5.74, 6) is -5.96. The number of carbonyl (C=O) groups is 6. The molecular weight excluding hydrogens is 392 g/mol. The van der Waals surface area contributed by atoms with Crippen LogP contribution >= 0.6 is 0 Å². The third kappa shape index (κ3) is 10.0. The van der Waals surface area contributed by atoms with Crippen molar-refractivity contribution in [3.63, 3.8) is 0 Å². The number of hydrogen-bond acceptors (Lipinski definition) is 8. The van der Waals surface area contributed by atoms with Crippen molar-refractivity contribution in [3.05, 3.63) is 0 Å². The van der Waals surface area contributed by atoms with Crippen LogP contribution in [0, 0.1) is 0 Å². The Morgan fingerprint density at radius 1 is 0.862 bits per heavy atom. The molecule has 0 saturated heterocycles. The molecule has 29 heavy (non-hydrogen) atoms. The van der Waals surface area contributed by atoms with Gasteiger partial charge in [0.25, 0.3) is 0 Å². The zero-order chi connectivity index (χ0) is 22.7. The van der Waals surface area contributed by atoms with Crippen LogP contribution in [0.2, 0.25) is 0 Å². The molecule has 0 bridgehead atoms. The summed E-state index contributed by atoms with van der Waals surface area (Å²) in [6, 6.07) is -5.47.